The van der Waals surface area contributed by atoms with Crippen LogP contribution in [-0.4, -0.2) is 44.9 Å². The molecule has 2 aromatic rings. The molecule has 164 valence electrons. The van der Waals surface area contributed by atoms with Gasteiger partial charge in [0, 0.05) is 45.1 Å². The number of pyridine rings is 1. The number of hydrogen-bond acceptors (Lipinski definition) is 5. The Kier molecular flexibility index (Phi) is 10.7. The highest BCUT2D eigenvalue weighted by Gasteiger charge is 2.22. The van der Waals surface area contributed by atoms with Crippen LogP contribution in [0.1, 0.15) is 24.0 Å². The number of nitrogens with zero attached hydrogens (tertiary/aromatic N) is 2. The topological polar surface area (TPSA) is 77.0 Å². The summed E-state index contributed by atoms with van der Waals surface area (Å²) in [5.41, 5.74) is 2.16. The van der Waals surface area contributed by atoms with Crippen LogP contribution in [0.15, 0.2) is 47.6 Å². The SMILES string of the molecule is CN=C(NCc1ccc(OCCOC)nc1)NCc1ccccc1OCC1CC1.I. The molecule has 0 spiro atoms. The molecular weight excluding hydrogens is 495 g/mol. The summed E-state index contributed by atoms with van der Waals surface area (Å²) in [6.07, 6.45) is 4.36. The summed E-state index contributed by atoms with van der Waals surface area (Å²) in [5, 5.41) is 6.65. The van der Waals surface area contributed by atoms with Crippen molar-refractivity contribution >= 4 is 29.9 Å². The van der Waals surface area contributed by atoms with Gasteiger partial charge in [0.2, 0.25) is 5.88 Å². The average molecular weight is 526 g/mol. The molecule has 0 unspecified atom stereocenters. The summed E-state index contributed by atoms with van der Waals surface area (Å²) in [7, 11) is 3.40. The molecule has 1 aromatic carbocycles. The van der Waals surface area contributed by atoms with Gasteiger partial charge in [-0.1, -0.05) is 24.3 Å². The minimum atomic E-state index is 0. The Morgan fingerprint density at radius 2 is 1.87 bits per heavy atom. The van der Waals surface area contributed by atoms with Crippen LogP contribution in [0.5, 0.6) is 11.6 Å². The van der Waals surface area contributed by atoms with Crippen molar-refractivity contribution in [1.82, 2.24) is 15.6 Å². The van der Waals surface area contributed by atoms with E-state index in [1.54, 1.807) is 20.4 Å². The van der Waals surface area contributed by atoms with Crippen molar-refractivity contribution in [1.29, 1.82) is 0 Å². The monoisotopic (exact) mass is 526 g/mol. The van der Waals surface area contributed by atoms with E-state index < -0.39 is 0 Å². The third kappa shape index (κ3) is 8.35. The Labute approximate surface area is 195 Å². The highest BCUT2D eigenvalue weighted by atomic mass is 127. The average Bonchev–Trinajstić information content (AvgIpc) is 3.59. The molecule has 1 heterocycles. The van der Waals surface area contributed by atoms with Gasteiger partial charge in [-0.2, -0.15) is 0 Å². The first-order chi connectivity index (χ1) is 14.3. The zero-order valence-electron chi connectivity index (χ0n) is 17.6. The third-order valence-electron chi connectivity index (χ3n) is 4.61. The minimum Gasteiger partial charge on any atom is -0.493 e. The summed E-state index contributed by atoms with van der Waals surface area (Å²) in [6, 6.07) is 12.0. The maximum Gasteiger partial charge on any atom is 0.213 e. The largest absolute Gasteiger partial charge is 0.493 e. The van der Waals surface area contributed by atoms with Crippen LogP contribution in [0.4, 0.5) is 0 Å². The molecule has 3 rings (SSSR count). The number of hydrogen-bond donors (Lipinski definition) is 2. The molecule has 1 aromatic heterocycles. The number of rotatable bonds is 11. The van der Waals surface area contributed by atoms with E-state index >= 15 is 0 Å². The Balaban J connectivity index is 0.00000320. The van der Waals surface area contributed by atoms with Crippen molar-refractivity contribution in [3.8, 4) is 11.6 Å². The molecule has 7 nitrogen and oxygen atoms in total. The lowest BCUT2D eigenvalue weighted by Crippen LogP contribution is -2.36. The van der Waals surface area contributed by atoms with Gasteiger partial charge in [-0.25, -0.2) is 4.98 Å². The van der Waals surface area contributed by atoms with Crippen molar-refractivity contribution in [2.24, 2.45) is 10.9 Å². The van der Waals surface area contributed by atoms with E-state index in [0.29, 0.717) is 32.2 Å². The van der Waals surface area contributed by atoms with Crippen molar-refractivity contribution in [2.45, 2.75) is 25.9 Å². The van der Waals surface area contributed by atoms with Crippen molar-refractivity contribution < 1.29 is 14.2 Å². The first-order valence-electron chi connectivity index (χ1n) is 10.0. The molecule has 2 N–H and O–H groups in total. The predicted octanol–water partition coefficient (Wildman–Crippen LogP) is 3.38. The van der Waals surface area contributed by atoms with Gasteiger partial charge in [-0.15, -0.1) is 24.0 Å². The van der Waals surface area contributed by atoms with Crippen LogP contribution in [0.25, 0.3) is 0 Å². The summed E-state index contributed by atoms with van der Waals surface area (Å²) >= 11 is 0. The highest BCUT2D eigenvalue weighted by Crippen LogP contribution is 2.30. The first kappa shape index (κ1) is 24.2. The minimum absolute atomic E-state index is 0. The Morgan fingerprint density at radius 3 is 2.57 bits per heavy atom. The van der Waals surface area contributed by atoms with Gasteiger partial charge in [0.15, 0.2) is 5.96 Å². The normalized spacial score (nSPS) is 13.3. The van der Waals surface area contributed by atoms with Gasteiger partial charge in [-0.3, -0.25) is 4.99 Å². The number of para-hydroxylation sites is 1. The van der Waals surface area contributed by atoms with E-state index in [4.69, 9.17) is 14.2 Å². The van der Waals surface area contributed by atoms with Crippen molar-refractivity contribution in [2.75, 3.05) is 34.0 Å². The number of nitrogens with one attached hydrogen (secondary N) is 2. The van der Waals surface area contributed by atoms with Crippen LogP contribution < -0.4 is 20.1 Å². The quantitative estimate of drug-likeness (QED) is 0.203. The smallest absolute Gasteiger partial charge is 0.213 e. The second-order valence-corrected chi connectivity index (χ2v) is 6.99. The Bertz CT molecular complexity index is 782. The van der Waals surface area contributed by atoms with Gasteiger partial charge in [-0.05, 0) is 30.4 Å². The summed E-state index contributed by atoms with van der Waals surface area (Å²) in [4.78, 5) is 8.60. The van der Waals surface area contributed by atoms with Gasteiger partial charge in [0.05, 0.1) is 13.2 Å². The van der Waals surface area contributed by atoms with E-state index in [2.05, 4.69) is 26.7 Å². The van der Waals surface area contributed by atoms with Crippen LogP contribution in [-0.2, 0) is 17.8 Å². The van der Waals surface area contributed by atoms with Crippen LogP contribution in [0.2, 0.25) is 0 Å². The second-order valence-electron chi connectivity index (χ2n) is 6.99. The van der Waals surface area contributed by atoms with Crippen LogP contribution >= 0.6 is 24.0 Å². The number of aliphatic imine (C=N–C) groups is 1. The molecule has 0 aliphatic heterocycles. The van der Waals surface area contributed by atoms with Gasteiger partial charge < -0.3 is 24.8 Å². The van der Waals surface area contributed by atoms with E-state index in [0.717, 1.165) is 35.4 Å². The summed E-state index contributed by atoms with van der Waals surface area (Å²) in [5.74, 6) is 2.99. The molecule has 8 heteroatoms. The molecule has 0 amide bonds. The third-order valence-corrected chi connectivity index (χ3v) is 4.61. The lowest BCUT2D eigenvalue weighted by molar-refractivity contribution is 0.143. The van der Waals surface area contributed by atoms with E-state index in [9.17, 15) is 0 Å². The Hall–Kier alpha value is -2.07. The molecule has 0 saturated heterocycles. The van der Waals surface area contributed by atoms with E-state index in [1.807, 2.05) is 30.3 Å². The maximum atomic E-state index is 5.97. The maximum absolute atomic E-state index is 5.97. The van der Waals surface area contributed by atoms with E-state index in [1.165, 1.54) is 12.8 Å². The number of methoxy groups -OCH3 is 1. The molecule has 1 fully saturated rings. The lowest BCUT2D eigenvalue weighted by atomic mass is 10.2. The molecule has 0 radical (unpaired) electrons. The number of ether oxygens (including phenoxy) is 3. The van der Waals surface area contributed by atoms with Crippen LogP contribution in [0.3, 0.4) is 0 Å². The Morgan fingerprint density at radius 1 is 1.07 bits per heavy atom. The molecular formula is C22H31IN4O3. The van der Waals surface area contributed by atoms with Gasteiger partial charge in [0.25, 0.3) is 0 Å². The van der Waals surface area contributed by atoms with Gasteiger partial charge >= 0.3 is 0 Å². The van der Waals surface area contributed by atoms with Gasteiger partial charge in [0.1, 0.15) is 12.4 Å². The molecule has 0 bridgehead atoms. The highest BCUT2D eigenvalue weighted by molar-refractivity contribution is 14.0. The fourth-order valence-corrected chi connectivity index (χ4v) is 2.70. The van der Waals surface area contributed by atoms with E-state index in [-0.39, 0.29) is 24.0 Å². The standard InChI is InChI=1S/C22H30N4O3.HI/c1-23-22(25-14-18-9-10-21(24-13-18)28-12-11-27-2)26-15-19-5-3-4-6-20(19)29-16-17-7-8-17;/h3-6,9-10,13,17H,7-8,11-12,14-16H2,1-2H3,(H2,23,25,26);1H. The molecule has 1 aliphatic rings. The molecule has 30 heavy (non-hydrogen) atoms. The summed E-state index contributed by atoms with van der Waals surface area (Å²) in [6.45, 7) is 3.10. The number of guanidine groups is 1. The van der Waals surface area contributed by atoms with Crippen LogP contribution in [0, 0.1) is 5.92 Å². The predicted molar refractivity (Wildman–Crippen MR) is 129 cm³/mol. The fourth-order valence-electron chi connectivity index (χ4n) is 2.70. The fraction of sp³-hybridized carbons (Fsp3) is 0.455. The van der Waals surface area contributed by atoms with Crippen molar-refractivity contribution in [3.63, 3.8) is 0 Å². The zero-order chi connectivity index (χ0) is 20.3. The first-order valence-corrected chi connectivity index (χ1v) is 10.0. The summed E-state index contributed by atoms with van der Waals surface area (Å²) < 4.78 is 16.4. The number of halogens is 1. The molecule has 0 atom stereocenters. The molecule has 1 aliphatic carbocycles. The number of aromatic nitrogens is 1. The second kappa shape index (κ2) is 13.3. The molecule has 1 saturated carbocycles. The van der Waals surface area contributed by atoms with Crippen molar-refractivity contribution in [3.05, 3.63) is 53.7 Å². The zero-order valence-corrected chi connectivity index (χ0v) is 19.9. The lowest BCUT2D eigenvalue weighted by Gasteiger charge is -2.15. The number of benzene rings is 1.